The highest BCUT2D eigenvalue weighted by Crippen LogP contribution is 2.36. The summed E-state index contributed by atoms with van der Waals surface area (Å²) in [6.45, 7) is 0.484. The van der Waals surface area contributed by atoms with Gasteiger partial charge in [0, 0.05) is 18.5 Å². The van der Waals surface area contributed by atoms with Crippen LogP contribution in [-0.4, -0.2) is 33.9 Å². The highest BCUT2D eigenvalue weighted by molar-refractivity contribution is 7.88. The van der Waals surface area contributed by atoms with E-state index in [-0.39, 0.29) is 37.5 Å². The molecule has 2 aromatic rings. The molecule has 0 bridgehead atoms. The summed E-state index contributed by atoms with van der Waals surface area (Å²) in [5.74, 6) is 0.862. The van der Waals surface area contributed by atoms with Crippen molar-refractivity contribution in [1.29, 1.82) is 0 Å². The van der Waals surface area contributed by atoms with Gasteiger partial charge in [-0.1, -0.05) is 35.3 Å². The molecule has 0 aliphatic heterocycles. The standard InChI is InChI=1S/C20H24Cl2N2O3S.ClH/c1-28(25,26)24-8-9-27-15-5-3-14-4-7-20(23)17(16(14)12-15)10-13-2-6-18(21)19(22)11-13;/h2-3,5-6,11-12,17,20,24H,4,7-10,23H2,1H3;1H. The minimum atomic E-state index is -3.22. The van der Waals surface area contributed by atoms with Gasteiger partial charge in [0.05, 0.1) is 16.3 Å². The molecule has 0 aromatic heterocycles. The number of benzene rings is 2. The van der Waals surface area contributed by atoms with E-state index >= 15 is 0 Å². The van der Waals surface area contributed by atoms with Crippen LogP contribution in [0.2, 0.25) is 10.0 Å². The molecule has 3 N–H and O–H groups in total. The lowest BCUT2D eigenvalue weighted by atomic mass is 9.76. The van der Waals surface area contributed by atoms with Crippen LogP contribution < -0.4 is 15.2 Å². The van der Waals surface area contributed by atoms with Crippen LogP contribution >= 0.6 is 35.6 Å². The molecule has 2 aromatic carbocycles. The maximum Gasteiger partial charge on any atom is 0.208 e. The average Bonchev–Trinajstić information content (AvgIpc) is 2.63. The van der Waals surface area contributed by atoms with Gasteiger partial charge in [0.15, 0.2) is 0 Å². The van der Waals surface area contributed by atoms with Crippen LogP contribution in [0, 0.1) is 0 Å². The Kier molecular flexibility index (Phi) is 8.64. The Bertz CT molecular complexity index is 954. The third kappa shape index (κ3) is 6.74. The summed E-state index contributed by atoms with van der Waals surface area (Å²) >= 11 is 12.2. The minimum absolute atomic E-state index is 0. The predicted molar refractivity (Wildman–Crippen MR) is 121 cm³/mol. The van der Waals surface area contributed by atoms with Gasteiger partial charge in [-0.2, -0.15) is 0 Å². The molecule has 2 atom stereocenters. The molecule has 3 rings (SSSR count). The first-order valence-corrected chi connectivity index (χ1v) is 11.8. The summed E-state index contributed by atoms with van der Waals surface area (Å²) in [7, 11) is -3.22. The summed E-state index contributed by atoms with van der Waals surface area (Å²) in [5.41, 5.74) is 9.99. The van der Waals surface area contributed by atoms with Crippen molar-refractivity contribution in [3.8, 4) is 5.75 Å². The summed E-state index contributed by atoms with van der Waals surface area (Å²) in [6.07, 6.45) is 3.76. The zero-order valence-electron chi connectivity index (χ0n) is 16.0. The molecular formula is C20H25Cl3N2O3S. The number of sulfonamides is 1. The van der Waals surface area contributed by atoms with Crippen molar-refractivity contribution >= 4 is 45.6 Å². The lowest BCUT2D eigenvalue weighted by Crippen LogP contribution is -2.34. The molecule has 1 aliphatic rings. The third-order valence-corrected chi connectivity index (χ3v) is 6.42. The summed E-state index contributed by atoms with van der Waals surface area (Å²) in [4.78, 5) is 0. The predicted octanol–water partition coefficient (Wildman–Crippen LogP) is 3.94. The fourth-order valence-corrected chi connectivity index (χ4v) is 4.34. The van der Waals surface area contributed by atoms with E-state index in [1.807, 2.05) is 30.3 Å². The van der Waals surface area contributed by atoms with Crippen molar-refractivity contribution in [2.24, 2.45) is 5.73 Å². The number of hydrogen-bond donors (Lipinski definition) is 2. The Balaban J connectivity index is 0.00000300. The first kappa shape index (κ1) is 24.3. The topological polar surface area (TPSA) is 81.4 Å². The lowest BCUT2D eigenvalue weighted by molar-refractivity contribution is 0.321. The van der Waals surface area contributed by atoms with E-state index in [1.54, 1.807) is 0 Å². The number of nitrogens with two attached hydrogens (primary N) is 1. The SMILES string of the molecule is CS(=O)(=O)NCCOc1ccc2c(c1)C(Cc1ccc(Cl)c(Cl)c1)C(N)CC2.Cl. The molecule has 0 fully saturated rings. The summed E-state index contributed by atoms with van der Waals surface area (Å²) < 4.78 is 30.4. The van der Waals surface area contributed by atoms with Gasteiger partial charge in [-0.15, -0.1) is 12.4 Å². The molecule has 160 valence electrons. The Morgan fingerprint density at radius 3 is 2.62 bits per heavy atom. The molecule has 5 nitrogen and oxygen atoms in total. The zero-order valence-corrected chi connectivity index (χ0v) is 19.2. The van der Waals surface area contributed by atoms with Crippen molar-refractivity contribution in [3.63, 3.8) is 0 Å². The second-order valence-electron chi connectivity index (χ2n) is 7.14. The lowest BCUT2D eigenvalue weighted by Gasteiger charge is -2.32. The molecule has 29 heavy (non-hydrogen) atoms. The first-order chi connectivity index (χ1) is 13.2. The van der Waals surface area contributed by atoms with E-state index in [1.165, 1.54) is 11.1 Å². The Morgan fingerprint density at radius 1 is 1.17 bits per heavy atom. The van der Waals surface area contributed by atoms with Crippen LogP contribution in [0.25, 0.3) is 0 Å². The van der Waals surface area contributed by atoms with Gasteiger partial charge < -0.3 is 10.5 Å². The molecule has 0 radical (unpaired) electrons. The van der Waals surface area contributed by atoms with Crippen molar-refractivity contribution in [2.45, 2.75) is 31.2 Å². The maximum atomic E-state index is 11.1. The fourth-order valence-electron chi connectivity index (χ4n) is 3.57. The van der Waals surface area contributed by atoms with Crippen molar-refractivity contribution in [2.75, 3.05) is 19.4 Å². The van der Waals surface area contributed by atoms with Crippen molar-refractivity contribution in [1.82, 2.24) is 4.72 Å². The smallest absolute Gasteiger partial charge is 0.208 e. The zero-order chi connectivity index (χ0) is 20.3. The van der Waals surface area contributed by atoms with Crippen molar-refractivity contribution < 1.29 is 13.2 Å². The summed E-state index contributed by atoms with van der Waals surface area (Å²) in [5, 5.41) is 1.08. The minimum Gasteiger partial charge on any atom is -0.492 e. The van der Waals surface area contributed by atoms with E-state index in [9.17, 15) is 8.42 Å². The first-order valence-electron chi connectivity index (χ1n) is 9.13. The molecule has 0 saturated carbocycles. The van der Waals surface area contributed by atoms with Gasteiger partial charge in [0.25, 0.3) is 0 Å². The van der Waals surface area contributed by atoms with Crippen LogP contribution in [0.15, 0.2) is 36.4 Å². The van der Waals surface area contributed by atoms with E-state index < -0.39 is 10.0 Å². The van der Waals surface area contributed by atoms with E-state index in [0.717, 1.165) is 31.1 Å². The van der Waals surface area contributed by atoms with Crippen LogP contribution in [0.1, 0.15) is 29.0 Å². The van der Waals surface area contributed by atoms with E-state index in [0.29, 0.717) is 15.8 Å². The Labute approximate surface area is 188 Å². The summed E-state index contributed by atoms with van der Waals surface area (Å²) in [6, 6.07) is 11.7. The monoisotopic (exact) mass is 478 g/mol. The number of nitrogens with one attached hydrogen (secondary N) is 1. The molecule has 2 unspecified atom stereocenters. The van der Waals surface area contributed by atoms with Gasteiger partial charge in [-0.25, -0.2) is 13.1 Å². The second-order valence-corrected chi connectivity index (χ2v) is 9.78. The number of aryl methyl sites for hydroxylation is 1. The van der Waals surface area contributed by atoms with Gasteiger partial charge in [-0.05, 0) is 60.2 Å². The van der Waals surface area contributed by atoms with Gasteiger partial charge in [0.1, 0.15) is 12.4 Å². The highest BCUT2D eigenvalue weighted by Gasteiger charge is 2.27. The van der Waals surface area contributed by atoms with Crippen LogP contribution in [-0.2, 0) is 22.9 Å². The molecule has 0 amide bonds. The van der Waals surface area contributed by atoms with Crippen LogP contribution in [0.3, 0.4) is 0 Å². The van der Waals surface area contributed by atoms with E-state index in [2.05, 4.69) is 10.8 Å². The molecule has 9 heteroatoms. The Morgan fingerprint density at radius 2 is 1.93 bits per heavy atom. The number of rotatable bonds is 7. The highest BCUT2D eigenvalue weighted by atomic mass is 35.5. The number of halogens is 3. The Hall–Kier alpha value is -1.02. The van der Waals surface area contributed by atoms with Gasteiger partial charge >= 0.3 is 0 Å². The largest absolute Gasteiger partial charge is 0.492 e. The molecule has 0 saturated heterocycles. The maximum absolute atomic E-state index is 11.1. The quantitative estimate of drug-likeness (QED) is 0.589. The molecular weight excluding hydrogens is 455 g/mol. The number of fused-ring (bicyclic) bond motifs is 1. The van der Waals surface area contributed by atoms with Gasteiger partial charge in [0.2, 0.25) is 10.0 Å². The fraction of sp³-hybridized carbons (Fsp3) is 0.400. The number of ether oxygens (including phenoxy) is 1. The van der Waals surface area contributed by atoms with Crippen molar-refractivity contribution in [3.05, 3.63) is 63.1 Å². The third-order valence-electron chi connectivity index (χ3n) is 4.96. The molecule has 0 spiro atoms. The van der Waals surface area contributed by atoms with Gasteiger partial charge in [-0.3, -0.25) is 0 Å². The molecule has 0 heterocycles. The second kappa shape index (κ2) is 10.3. The average molecular weight is 480 g/mol. The van der Waals surface area contributed by atoms with Crippen LogP contribution in [0.5, 0.6) is 5.75 Å². The van der Waals surface area contributed by atoms with E-state index in [4.69, 9.17) is 33.7 Å². The molecule has 1 aliphatic carbocycles. The van der Waals surface area contributed by atoms with Crippen LogP contribution in [0.4, 0.5) is 0 Å². The number of hydrogen-bond acceptors (Lipinski definition) is 4. The normalized spacial score (nSPS) is 18.6.